The maximum absolute atomic E-state index is 12.6. The third-order valence-corrected chi connectivity index (χ3v) is 4.10. The van der Waals surface area contributed by atoms with Crippen LogP contribution in [-0.2, 0) is 11.0 Å². The van der Waals surface area contributed by atoms with E-state index >= 15 is 0 Å². The summed E-state index contributed by atoms with van der Waals surface area (Å²) in [5.74, 6) is -0.737. The zero-order chi connectivity index (χ0) is 21.9. The van der Waals surface area contributed by atoms with Crippen LogP contribution in [0.4, 0.5) is 13.2 Å². The molecule has 0 fully saturated rings. The molecule has 0 unspecified atom stereocenters. The number of ether oxygens (including phenoxy) is 1. The molecule has 0 aliphatic carbocycles. The van der Waals surface area contributed by atoms with Gasteiger partial charge >= 0.3 is 6.18 Å². The van der Waals surface area contributed by atoms with Crippen molar-refractivity contribution in [1.29, 1.82) is 0 Å². The molecule has 2 atom stereocenters. The summed E-state index contributed by atoms with van der Waals surface area (Å²) < 4.78 is 43.2. The normalized spacial score (nSPS) is 13.5. The molecule has 4 N–H and O–H groups in total. The molecule has 30 heavy (non-hydrogen) atoms. The number of nitrogens with zero attached hydrogens (tertiary/aromatic N) is 2. The summed E-state index contributed by atoms with van der Waals surface area (Å²) >= 11 is 0. The van der Waals surface area contributed by atoms with Crippen molar-refractivity contribution in [1.82, 2.24) is 9.97 Å². The van der Waals surface area contributed by atoms with E-state index in [9.17, 15) is 28.2 Å². The fourth-order valence-corrected chi connectivity index (χ4v) is 2.52. The number of pyridine rings is 2. The van der Waals surface area contributed by atoms with Crippen LogP contribution in [0.2, 0.25) is 0 Å². The Balaban J connectivity index is 1.74. The van der Waals surface area contributed by atoms with Gasteiger partial charge < -0.3 is 20.7 Å². The standard InChI is InChI=1S/C20H16F3N3O4/c21-20(22,23)12-6-9-16(25-10-12)30-13-7-4-11(5-8-13)14-2-1-3-15(26-14)17(27)18(28)19(24)29/h1-10,17-18,27-28H,(H2,24,29)/t17-,18+/m1/s1. The van der Waals surface area contributed by atoms with Gasteiger partial charge in [0.05, 0.1) is 17.0 Å². The van der Waals surface area contributed by atoms with E-state index in [1.807, 2.05) is 0 Å². The fourth-order valence-electron chi connectivity index (χ4n) is 2.52. The predicted octanol–water partition coefficient (Wildman–Crippen LogP) is 2.83. The molecule has 0 saturated heterocycles. The highest BCUT2D eigenvalue weighted by Crippen LogP contribution is 2.30. The second-order valence-electron chi connectivity index (χ2n) is 6.25. The van der Waals surface area contributed by atoms with Gasteiger partial charge in [0.25, 0.3) is 0 Å². The summed E-state index contributed by atoms with van der Waals surface area (Å²) in [6, 6.07) is 13.1. The van der Waals surface area contributed by atoms with E-state index in [0.717, 1.165) is 12.1 Å². The molecule has 0 spiro atoms. The topological polar surface area (TPSA) is 119 Å². The number of hydrogen-bond donors (Lipinski definition) is 3. The number of aromatic nitrogens is 2. The molecule has 1 amide bonds. The van der Waals surface area contributed by atoms with E-state index < -0.39 is 29.9 Å². The number of amides is 1. The van der Waals surface area contributed by atoms with Gasteiger partial charge in [0.15, 0.2) is 6.10 Å². The van der Waals surface area contributed by atoms with Crippen molar-refractivity contribution in [2.45, 2.75) is 18.4 Å². The Labute approximate surface area is 168 Å². The number of benzene rings is 1. The minimum Gasteiger partial charge on any atom is -0.439 e. The monoisotopic (exact) mass is 419 g/mol. The van der Waals surface area contributed by atoms with Crippen LogP contribution in [0.25, 0.3) is 11.3 Å². The molecule has 2 aromatic heterocycles. The van der Waals surface area contributed by atoms with Crippen molar-refractivity contribution in [2.24, 2.45) is 5.73 Å². The van der Waals surface area contributed by atoms with E-state index in [1.54, 1.807) is 36.4 Å². The highest BCUT2D eigenvalue weighted by atomic mass is 19.4. The number of aliphatic hydroxyl groups excluding tert-OH is 2. The molecule has 2 heterocycles. The van der Waals surface area contributed by atoms with Gasteiger partial charge in [-0.15, -0.1) is 0 Å². The number of halogens is 3. The van der Waals surface area contributed by atoms with Crippen LogP contribution in [0.5, 0.6) is 11.6 Å². The van der Waals surface area contributed by atoms with Crippen molar-refractivity contribution in [2.75, 3.05) is 0 Å². The molecule has 0 aliphatic heterocycles. The largest absolute Gasteiger partial charge is 0.439 e. The van der Waals surface area contributed by atoms with Gasteiger partial charge in [-0.1, -0.05) is 6.07 Å². The average Bonchev–Trinajstić information content (AvgIpc) is 2.73. The lowest BCUT2D eigenvalue weighted by molar-refractivity contribution is -0.137. The molecule has 1 aromatic carbocycles. The molecule has 3 rings (SSSR count). The Hall–Kier alpha value is -3.50. The van der Waals surface area contributed by atoms with E-state index in [4.69, 9.17) is 10.5 Å². The Morgan fingerprint density at radius 2 is 1.73 bits per heavy atom. The van der Waals surface area contributed by atoms with E-state index in [2.05, 4.69) is 9.97 Å². The maximum atomic E-state index is 12.6. The number of hydrogen-bond acceptors (Lipinski definition) is 6. The van der Waals surface area contributed by atoms with Crippen LogP contribution < -0.4 is 10.5 Å². The Bertz CT molecular complexity index is 1020. The summed E-state index contributed by atoms with van der Waals surface area (Å²) in [5, 5.41) is 19.6. The average molecular weight is 419 g/mol. The summed E-state index contributed by atoms with van der Waals surface area (Å²) in [4.78, 5) is 18.9. The lowest BCUT2D eigenvalue weighted by atomic mass is 10.1. The number of rotatable bonds is 6. The number of primary amides is 1. The second-order valence-corrected chi connectivity index (χ2v) is 6.25. The number of carbonyl (C=O) groups excluding carboxylic acids is 1. The van der Waals surface area contributed by atoms with Crippen molar-refractivity contribution < 1.29 is 32.9 Å². The highest BCUT2D eigenvalue weighted by Gasteiger charge is 2.30. The number of aliphatic hydroxyl groups is 2. The third-order valence-electron chi connectivity index (χ3n) is 4.10. The van der Waals surface area contributed by atoms with Crippen LogP contribution >= 0.6 is 0 Å². The van der Waals surface area contributed by atoms with E-state index in [-0.39, 0.29) is 11.6 Å². The first-order valence-corrected chi connectivity index (χ1v) is 8.59. The van der Waals surface area contributed by atoms with Crippen molar-refractivity contribution >= 4 is 5.91 Å². The van der Waals surface area contributed by atoms with Gasteiger partial charge in [-0.2, -0.15) is 13.2 Å². The van der Waals surface area contributed by atoms with Gasteiger partial charge in [-0.25, -0.2) is 9.97 Å². The predicted molar refractivity (Wildman–Crippen MR) is 99.1 cm³/mol. The quantitative estimate of drug-likeness (QED) is 0.565. The summed E-state index contributed by atoms with van der Waals surface area (Å²) in [7, 11) is 0. The Kier molecular flexibility index (Phi) is 5.99. The van der Waals surface area contributed by atoms with E-state index in [1.165, 1.54) is 6.07 Å². The molecule has 0 radical (unpaired) electrons. The molecule has 0 aliphatic rings. The Morgan fingerprint density at radius 1 is 1.03 bits per heavy atom. The zero-order valence-corrected chi connectivity index (χ0v) is 15.2. The first kappa shape index (κ1) is 21.2. The molecule has 156 valence electrons. The minimum absolute atomic E-state index is 0.000524. The molecule has 7 nitrogen and oxygen atoms in total. The SMILES string of the molecule is NC(=O)[C@@H](O)[C@H](O)c1cccc(-c2ccc(Oc3ccc(C(F)(F)F)cn3)cc2)n1. The van der Waals surface area contributed by atoms with E-state index in [0.29, 0.717) is 23.2 Å². The summed E-state index contributed by atoms with van der Waals surface area (Å²) in [5.41, 5.74) is 5.25. The van der Waals surface area contributed by atoms with Gasteiger partial charge in [-0.05, 0) is 42.5 Å². The van der Waals surface area contributed by atoms with Crippen LogP contribution in [0.1, 0.15) is 17.4 Å². The van der Waals surface area contributed by atoms with Gasteiger partial charge in [0.2, 0.25) is 11.8 Å². The first-order chi connectivity index (χ1) is 14.1. The smallest absolute Gasteiger partial charge is 0.417 e. The Morgan fingerprint density at radius 3 is 2.30 bits per heavy atom. The van der Waals surface area contributed by atoms with Crippen LogP contribution in [0, 0.1) is 0 Å². The lowest BCUT2D eigenvalue weighted by Crippen LogP contribution is -2.34. The molecule has 10 heteroatoms. The van der Waals surface area contributed by atoms with Crippen molar-refractivity contribution in [3.8, 4) is 22.9 Å². The van der Waals surface area contributed by atoms with Gasteiger partial charge in [-0.3, -0.25) is 4.79 Å². The maximum Gasteiger partial charge on any atom is 0.417 e. The summed E-state index contributed by atoms with van der Waals surface area (Å²) in [6.07, 6.45) is -7.16. The number of alkyl halides is 3. The van der Waals surface area contributed by atoms with Crippen molar-refractivity contribution in [3.05, 3.63) is 72.1 Å². The molecular formula is C20H16F3N3O4. The highest BCUT2D eigenvalue weighted by molar-refractivity contribution is 5.79. The zero-order valence-electron chi connectivity index (χ0n) is 15.2. The first-order valence-electron chi connectivity index (χ1n) is 8.59. The van der Waals surface area contributed by atoms with Gasteiger partial charge in [0, 0.05) is 17.8 Å². The van der Waals surface area contributed by atoms with Crippen LogP contribution in [0.15, 0.2) is 60.8 Å². The van der Waals surface area contributed by atoms with Crippen LogP contribution in [-0.4, -0.2) is 32.2 Å². The molecule has 3 aromatic rings. The molecule has 0 saturated carbocycles. The molecule has 0 bridgehead atoms. The lowest BCUT2D eigenvalue weighted by Gasteiger charge is -2.15. The molecular weight excluding hydrogens is 403 g/mol. The third kappa shape index (κ3) is 4.91. The van der Waals surface area contributed by atoms with Crippen LogP contribution in [0.3, 0.4) is 0 Å². The second kappa shape index (κ2) is 8.47. The van der Waals surface area contributed by atoms with Crippen molar-refractivity contribution in [3.63, 3.8) is 0 Å². The summed E-state index contributed by atoms with van der Waals surface area (Å²) in [6.45, 7) is 0. The number of nitrogens with two attached hydrogens (primary N) is 1. The number of carbonyl (C=O) groups is 1. The minimum atomic E-state index is -4.48. The van der Waals surface area contributed by atoms with Gasteiger partial charge in [0.1, 0.15) is 11.9 Å². The fraction of sp³-hybridized carbons (Fsp3) is 0.150.